The molecule has 0 radical (unpaired) electrons. The summed E-state index contributed by atoms with van der Waals surface area (Å²) in [4.78, 5) is 2.47. The Morgan fingerprint density at radius 3 is 2.84 bits per heavy atom. The van der Waals surface area contributed by atoms with E-state index in [4.69, 9.17) is 10.9 Å². The van der Waals surface area contributed by atoms with Crippen molar-refractivity contribution in [1.29, 1.82) is 0 Å². The standard InChI is InChI=1S/C14H20BrN3O/c1-3-10-5-4-9(2)18(10)11-6-7-12(13(15)8-11)14(16)17-19/h6-10,19H,3-5H2,1-2H3,(H2,16,17). The second-order valence-electron chi connectivity index (χ2n) is 5.05. The molecule has 2 rings (SSSR count). The highest BCUT2D eigenvalue weighted by Gasteiger charge is 2.29. The number of oxime groups is 1. The Balaban J connectivity index is 2.34. The average Bonchev–Trinajstić information content (AvgIpc) is 2.78. The highest BCUT2D eigenvalue weighted by molar-refractivity contribution is 9.10. The summed E-state index contributed by atoms with van der Waals surface area (Å²) < 4.78 is 0.856. The van der Waals surface area contributed by atoms with Gasteiger partial charge in [-0.05, 0) is 60.3 Å². The maximum atomic E-state index is 8.75. The number of amidine groups is 1. The molecule has 1 heterocycles. The van der Waals surface area contributed by atoms with Gasteiger partial charge in [0, 0.05) is 27.8 Å². The van der Waals surface area contributed by atoms with Crippen LogP contribution in [0.15, 0.2) is 27.8 Å². The molecule has 3 N–H and O–H groups in total. The van der Waals surface area contributed by atoms with Crippen molar-refractivity contribution < 1.29 is 5.21 Å². The van der Waals surface area contributed by atoms with E-state index in [1.165, 1.54) is 18.5 Å². The quantitative estimate of drug-likeness (QED) is 0.388. The predicted octanol–water partition coefficient (Wildman–Crippen LogP) is 3.31. The van der Waals surface area contributed by atoms with E-state index < -0.39 is 0 Å². The summed E-state index contributed by atoms with van der Waals surface area (Å²) in [6.45, 7) is 4.50. The zero-order chi connectivity index (χ0) is 14.0. The number of anilines is 1. The molecule has 2 atom stereocenters. The third-order valence-electron chi connectivity index (χ3n) is 3.89. The van der Waals surface area contributed by atoms with E-state index in [0.29, 0.717) is 17.6 Å². The summed E-state index contributed by atoms with van der Waals surface area (Å²) in [7, 11) is 0. The number of benzene rings is 1. The van der Waals surface area contributed by atoms with Crippen molar-refractivity contribution in [2.24, 2.45) is 10.9 Å². The molecule has 2 unspecified atom stereocenters. The van der Waals surface area contributed by atoms with Crippen LogP contribution in [0, 0.1) is 0 Å². The van der Waals surface area contributed by atoms with Gasteiger partial charge in [-0.3, -0.25) is 0 Å². The molecule has 1 saturated heterocycles. The molecule has 0 aliphatic carbocycles. The van der Waals surface area contributed by atoms with Crippen molar-refractivity contribution >= 4 is 27.5 Å². The maximum absolute atomic E-state index is 8.75. The van der Waals surface area contributed by atoms with Crippen LogP contribution in [0.25, 0.3) is 0 Å². The molecule has 4 nitrogen and oxygen atoms in total. The van der Waals surface area contributed by atoms with Crippen LogP contribution >= 0.6 is 15.9 Å². The fourth-order valence-electron chi connectivity index (χ4n) is 2.86. The van der Waals surface area contributed by atoms with Gasteiger partial charge in [0.25, 0.3) is 0 Å². The second kappa shape index (κ2) is 5.82. The van der Waals surface area contributed by atoms with E-state index in [2.05, 4.69) is 45.9 Å². The number of hydrogen-bond donors (Lipinski definition) is 2. The van der Waals surface area contributed by atoms with Crippen LogP contribution in [0.2, 0.25) is 0 Å². The van der Waals surface area contributed by atoms with Gasteiger partial charge >= 0.3 is 0 Å². The molecule has 0 bridgehead atoms. The van der Waals surface area contributed by atoms with Gasteiger partial charge in [-0.2, -0.15) is 0 Å². The predicted molar refractivity (Wildman–Crippen MR) is 81.9 cm³/mol. The summed E-state index contributed by atoms with van der Waals surface area (Å²) in [6, 6.07) is 7.16. The smallest absolute Gasteiger partial charge is 0.171 e. The van der Waals surface area contributed by atoms with E-state index in [-0.39, 0.29) is 5.84 Å². The van der Waals surface area contributed by atoms with Gasteiger partial charge < -0.3 is 15.8 Å². The van der Waals surface area contributed by atoms with Gasteiger partial charge in [0.1, 0.15) is 0 Å². The molecule has 0 aromatic heterocycles. The van der Waals surface area contributed by atoms with Crippen molar-refractivity contribution in [1.82, 2.24) is 0 Å². The first-order valence-electron chi connectivity index (χ1n) is 6.64. The SMILES string of the molecule is CCC1CCC(C)N1c1ccc(/C(N)=N/O)c(Br)c1. The highest BCUT2D eigenvalue weighted by Crippen LogP contribution is 2.34. The monoisotopic (exact) mass is 325 g/mol. The van der Waals surface area contributed by atoms with Crippen LogP contribution in [0.1, 0.15) is 38.7 Å². The number of nitrogens with zero attached hydrogens (tertiary/aromatic N) is 2. The van der Waals surface area contributed by atoms with Crippen LogP contribution in [0.5, 0.6) is 0 Å². The van der Waals surface area contributed by atoms with Gasteiger partial charge in [0.05, 0.1) is 0 Å². The van der Waals surface area contributed by atoms with Gasteiger partial charge in [-0.15, -0.1) is 0 Å². The molecule has 1 aromatic rings. The topological polar surface area (TPSA) is 61.8 Å². The van der Waals surface area contributed by atoms with E-state index in [0.717, 1.165) is 10.9 Å². The Morgan fingerprint density at radius 2 is 2.26 bits per heavy atom. The van der Waals surface area contributed by atoms with Gasteiger partial charge in [0.2, 0.25) is 0 Å². The van der Waals surface area contributed by atoms with Crippen molar-refractivity contribution in [3.05, 3.63) is 28.2 Å². The Labute approximate surface area is 122 Å². The number of nitrogens with two attached hydrogens (primary N) is 1. The molecule has 1 aliphatic heterocycles. The van der Waals surface area contributed by atoms with Crippen LogP contribution in [0.3, 0.4) is 0 Å². The minimum Gasteiger partial charge on any atom is -0.409 e. The zero-order valence-corrected chi connectivity index (χ0v) is 12.9. The molecule has 1 fully saturated rings. The Hall–Kier alpha value is -1.23. The summed E-state index contributed by atoms with van der Waals surface area (Å²) >= 11 is 3.50. The third-order valence-corrected chi connectivity index (χ3v) is 4.55. The number of rotatable bonds is 3. The Morgan fingerprint density at radius 1 is 1.53 bits per heavy atom. The van der Waals surface area contributed by atoms with E-state index in [9.17, 15) is 0 Å². The van der Waals surface area contributed by atoms with E-state index >= 15 is 0 Å². The summed E-state index contributed by atoms with van der Waals surface area (Å²) in [5, 5.41) is 11.8. The molecular formula is C14H20BrN3O. The lowest BCUT2D eigenvalue weighted by Gasteiger charge is -2.30. The van der Waals surface area contributed by atoms with Gasteiger partial charge in [0.15, 0.2) is 5.84 Å². The first-order chi connectivity index (χ1) is 9.08. The average molecular weight is 326 g/mol. The molecule has 0 amide bonds. The van der Waals surface area contributed by atoms with Crippen molar-refractivity contribution in [3.63, 3.8) is 0 Å². The molecule has 1 aromatic carbocycles. The largest absolute Gasteiger partial charge is 0.409 e. The van der Waals surface area contributed by atoms with Crippen LogP contribution in [-0.2, 0) is 0 Å². The van der Waals surface area contributed by atoms with Gasteiger partial charge in [-0.25, -0.2) is 0 Å². The van der Waals surface area contributed by atoms with E-state index in [1.54, 1.807) is 0 Å². The molecule has 104 valence electrons. The van der Waals surface area contributed by atoms with E-state index in [1.807, 2.05) is 12.1 Å². The van der Waals surface area contributed by atoms with Crippen molar-refractivity contribution in [3.8, 4) is 0 Å². The van der Waals surface area contributed by atoms with Crippen LogP contribution < -0.4 is 10.6 Å². The number of halogens is 1. The summed E-state index contributed by atoms with van der Waals surface area (Å²) in [5.74, 6) is 0.125. The van der Waals surface area contributed by atoms with Crippen molar-refractivity contribution in [2.45, 2.75) is 45.2 Å². The second-order valence-corrected chi connectivity index (χ2v) is 5.90. The highest BCUT2D eigenvalue weighted by atomic mass is 79.9. The molecule has 0 saturated carbocycles. The van der Waals surface area contributed by atoms with Crippen LogP contribution in [0.4, 0.5) is 5.69 Å². The normalized spacial score (nSPS) is 23.9. The van der Waals surface area contributed by atoms with Crippen molar-refractivity contribution in [2.75, 3.05) is 4.90 Å². The molecule has 5 heteroatoms. The lowest BCUT2D eigenvalue weighted by atomic mass is 10.1. The fourth-order valence-corrected chi connectivity index (χ4v) is 3.43. The molecule has 1 aliphatic rings. The molecule has 0 spiro atoms. The summed E-state index contributed by atoms with van der Waals surface area (Å²) in [5.41, 5.74) is 7.54. The Bertz CT molecular complexity index is 490. The molecule has 19 heavy (non-hydrogen) atoms. The first kappa shape index (κ1) is 14.2. The first-order valence-corrected chi connectivity index (χ1v) is 7.43. The molecular weight excluding hydrogens is 306 g/mol. The van der Waals surface area contributed by atoms with Gasteiger partial charge in [-0.1, -0.05) is 12.1 Å². The van der Waals surface area contributed by atoms with Crippen LogP contribution in [-0.4, -0.2) is 23.1 Å². The lowest BCUT2D eigenvalue weighted by Crippen LogP contribution is -2.34. The fraction of sp³-hybridized carbons (Fsp3) is 0.500. The minimum atomic E-state index is 0.125. The Kier molecular flexibility index (Phi) is 4.34. The maximum Gasteiger partial charge on any atom is 0.171 e. The zero-order valence-electron chi connectivity index (χ0n) is 11.3. The third kappa shape index (κ3) is 2.71. The minimum absolute atomic E-state index is 0.125. The lowest BCUT2D eigenvalue weighted by molar-refractivity contribution is 0.318. The number of hydrogen-bond acceptors (Lipinski definition) is 3. The summed E-state index contributed by atoms with van der Waals surface area (Å²) in [6.07, 6.45) is 3.64.